The van der Waals surface area contributed by atoms with Crippen molar-refractivity contribution >= 4 is 23.2 Å². The van der Waals surface area contributed by atoms with Crippen LogP contribution < -0.4 is 0 Å². The molecule has 1 fully saturated rings. The topological polar surface area (TPSA) is 46.1 Å². The molecule has 0 bridgehead atoms. The monoisotopic (exact) mass is 367 g/mol. The van der Waals surface area contributed by atoms with Crippen LogP contribution in [0.3, 0.4) is 0 Å². The van der Waals surface area contributed by atoms with Gasteiger partial charge in [0.1, 0.15) is 10.8 Å². The first-order valence-electron chi connectivity index (χ1n) is 9.41. The first-order valence-corrected chi connectivity index (χ1v) is 10.2. The molecule has 4 nitrogen and oxygen atoms in total. The second-order valence-electron chi connectivity index (χ2n) is 7.50. The fraction of sp³-hybridized carbons (Fsp3) is 0.476. The zero-order valence-electron chi connectivity index (χ0n) is 15.5. The van der Waals surface area contributed by atoms with E-state index in [0.29, 0.717) is 12.3 Å². The lowest BCUT2D eigenvalue weighted by atomic mass is 9.90. The molecule has 0 radical (unpaired) electrons. The lowest BCUT2D eigenvalue weighted by Crippen LogP contribution is -2.34. The molecule has 0 N–H and O–H groups in total. The van der Waals surface area contributed by atoms with Crippen molar-refractivity contribution in [1.82, 2.24) is 14.9 Å². The van der Waals surface area contributed by atoms with E-state index in [1.54, 1.807) is 18.3 Å². The van der Waals surface area contributed by atoms with E-state index in [1.807, 2.05) is 6.20 Å². The molecule has 1 unspecified atom stereocenters. The molecule has 5 heteroatoms. The molecule has 1 aliphatic heterocycles. The molecule has 1 saturated heterocycles. The predicted molar refractivity (Wildman–Crippen MR) is 105 cm³/mol. The van der Waals surface area contributed by atoms with Crippen LogP contribution in [-0.2, 0) is 24.2 Å². The minimum atomic E-state index is 0.178. The number of pyridine rings is 1. The summed E-state index contributed by atoms with van der Waals surface area (Å²) in [4.78, 5) is 24.4. The number of aryl methyl sites for hydroxylation is 1. The van der Waals surface area contributed by atoms with E-state index in [2.05, 4.69) is 35.0 Å². The van der Waals surface area contributed by atoms with Crippen LogP contribution in [0.2, 0.25) is 0 Å². The Morgan fingerprint density at radius 1 is 1.42 bits per heavy atom. The normalized spacial score (nSPS) is 19.7. The number of fused-ring (bicyclic) bond motifs is 1. The summed E-state index contributed by atoms with van der Waals surface area (Å²) in [6.07, 6.45) is 10.3. The van der Waals surface area contributed by atoms with E-state index in [-0.39, 0.29) is 5.78 Å². The molecule has 0 amide bonds. The highest BCUT2D eigenvalue weighted by Crippen LogP contribution is 2.33. The summed E-state index contributed by atoms with van der Waals surface area (Å²) in [6, 6.07) is 2.21. The average molecular weight is 368 g/mol. The maximum atomic E-state index is 11.3. The largest absolute Gasteiger partial charge is 0.300 e. The molecular weight excluding hydrogens is 342 g/mol. The number of ketones is 1. The predicted octanol–water partition coefficient (Wildman–Crippen LogP) is 3.93. The van der Waals surface area contributed by atoms with Crippen molar-refractivity contribution in [3.63, 3.8) is 0 Å². The molecule has 0 aromatic carbocycles. The van der Waals surface area contributed by atoms with Crippen LogP contribution in [0.15, 0.2) is 18.3 Å². The Balaban J connectivity index is 1.47. The minimum absolute atomic E-state index is 0.178. The summed E-state index contributed by atoms with van der Waals surface area (Å²) in [7, 11) is 0. The van der Waals surface area contributed by atoms with Crippen molar-refractivity contribution < 1.29 is 4.79 Å². The first-order chi connectivity index (χ1) is 12.6. The van der Waals surface area contributed by atoms with Gasteiger partial charge in [-0.05, 0) is 56.8 Å². The third-order valence-electron chi connectivity index (χ3n) is 5.21. The first kappa shape index (κ1) is 17.6. The number of thiazole rings is 1. The van der Waals surface area contributed by atoms with Crippen LogP contribution in [0.4, 0.5) is 0 Å². The van der Waals surface area contributed by atoms with Crippen molar-refractivity contribution in [3.05, 3.63) is 50.7 Å². The molecule has 0 spiro atoms. The average Bonchev–Trinajstić information content (AvgIpc) is 3.23. The second-order valence-corrected chi connectivity index (χ2v) is 8.70. The van der Waals surface area contributed by atoms with E-state index in [9.17, 15) is 4.79 Å². The van der Waals surface area contributed by atoms with Gasteiger partial charge in [-0.2, -0.15) is 0 Å². The van der Waals surface area contributed by atoms with Gasteiger partial charge in [0.2, 0.25) is 0 Å². The highest BCUT2D eigenvalue weighted by atomic mass is 32.1. The number of carbonyl (C=O) groups excluding carboxylic acids is 1. The number of rotatable bonds is 5. The fourth-order valence-corrected chi connectivity index (χ4v) is 5.16. The number of allylic oxidation sites excluding steroid dienone is 1. The molecule has 2 aliphatic rings. The van der Waals surface area contributed by atoms with Crippen LogP contribution in [0.25, 0.3) is 6.08 Å². The fourth-order valence-electron chi connectivity index (χ4n) is 4.12. The van der Waals surface area contributed by atoms with E-state index >= 15 is 0 Å². The summed E-state index contributed by atoms with van der Waals surface area (Å²) >= 11 is 1.68. The molecule has 4 rings (SSSR count). The second kappa shape index (κ2) is 7.41. The Kier molecular flexibility index (Phi) is 5.00. The SMILES string of the molecule is CC(=O)Cc1ncc(CN2CCCC(c3nc(C)cc4c3CC=C4)C2)s1. The lowest BCUT2D eigenvalue weighted by Gasteiger charge is -2.33. The number of Topliss-reactive ketones (excluding diaryl/α,β-unsaturated/α-hetero) is 1. The van der Waals surface area contributed by atoms with E-state index in [1.165, 1.54) is 34.5 Å². The molecular formula is C21H25N3OS. The molecule has 26 heavy (non-hydrogen) atoms. The maximum absolute atomic E-state index is 11.3. The van der Waals surface area contributed by atoms with Crippen LogP contribution >= 0.6 is 11.3 Å². The van der Waals surface area contributed by atoms with Crippen molar-refractivity contribution in [2.45, 2.75) is 52.0 Å². The third kappa shape index (κ3) is 3.79. The number of carbonyl (C=O) groups is 1. The summed E-state index contributed by atoms with van der Waals surface area (Å²) < 4.78 is 0. The van der Waals surface area contributed by atoms with Gasteiger partial charge < -0.3 is 0 Å². The van der Waals surface area contributed by atoms with Gasteiger partial charge in [-0.1, -0.05) is 12.2 Å². The molecule has 0 saturated carbocycles. The number of hydrogen-bond acceptors (Lipinski definition) is 5. The molecule has 1 aliphatic carbocycles. The van der Waals surface area contributed by atoms with Crippen LogP contribution in [0.1, 0.15) is 58.1 Å². The van der Waals surface area contributed by atoms with Gasteiger partial charge in [0.15, 0.2) is 0 Å². The number of nitrogens with zero attached hydrogens (tertiary/aromatic N) is 3. The van der Waals surface area contributed by atoms with Gasteiger partial charge in [-0.15, -0.1) is 11.3 Å². The van der Waals surface area contributed by atoms with E-state index in [4.69, 9.17) is 4.98 Å². The van der Waals surface area contributed by atoms with Gasteiger partial charge in [0.05, 0.1) is 6.42 Å². The molecule has 2 aromatic rings. The highest BCUT2D eigenvalue weighted by Gasteiger charge is 2.26. The number of aromatic nitrogens is 2. The number of piperidine rings is 1. The molecule has 3 heterocycles. The minimum Gasteiger partial charge on any atom is -0.300 e. The number of likely N-dealkylation sites (tertiary alicyclic amines) is 1. The molecule has 136 valence electrons. The van der Waals surface area contributed by atoms with Gasteiger partial charge in [-0.25, -0.2) is 4.98 Å². The van der Waals surface area contributed by atoms with Crippen molar-refractivity contribution in [2.75, 3.05) is 13.1 Å². The smallest absolute Gasteiger partial charge is 0.136 e. The third-order valence-corrected chi connectivity index (χ3v) is 6.19. The lowest BCUT2D eigenvalue weighted by molar-refractivity contribution is -0.116. The van der Waals surface area contributed by atoms with Crippen molar-refractivity contribution in [3.8, 4) is 0 Å². The quantitative estimate of drug-likeness (QED) is 0.803. The number of hydrogen-bond donors (Lipinski definition) is 0. The van der Waals surface area contributed by atoms with Gasteiger partial charge in [0.25, 0.3) is 0 Å². The van der Waals surface area contributed by atoms with Crippen molar-refractivity contribution in [1.29, 1.82) is 0 Å². The maximum Gasteiger partial charge on any atom is 0.136 e. The van der Waals surface area contributed by atoms with Gasteiger partial charge in [0, 0.05) is 41.5 Å². The van der Waals surface area contributed by atoms with Crippen LogP contribution in [-0.4, -0.2) is 33.7 Å². The Labute approximate surface area is 159 Å². The van der Waals surface area contributed by atoms with E-state index < -0.39 is 0 Å². The standard InChI is InChI=1S/C21H25N3OS/c1-14-9-16-5-3-7-19(16)21(23-14)17-6-4-8-24(12-17)13-18-11-22-20(26-18)10-15(2)25/h3,5,9,11,17H,4,6-8,10,12-13H2,1-2H3. The highest BCUT2D eigenvalue weighted by molar-refractivity contribution is 7.11. The van der Waals surface area contributed by atoms with E-state index in [0.717, 1.165) is 36.8 Å². The van der Waals surface area contributed by atoms with Gasteiger partial charge in [-0.3, -0.25) is 14.7 Å². The Morgan fingerprint density at radius 2 is 2.31 bits per heavy atom. The van der Waals surface area contributed by atoms with Crippen LogP contribution in [0, 0.1) is 6.92 Å². The Morgan fingerprint density at radius 3 is 3.15 bits per heavy atom. The molecule has 2 aromatic heterocycles. The molecule has 1 atom stereocenters. The van der Waals surface area contributed by atoms with Crippen LogP contribution in [0.5, 0.6) is 0 Å². The van der Waals surface area contributed by atoms with Crippen molar-refractivity contribution in [2.24, 2.45) is 0 Å². The van der Waals surface area contributed by atoms with Gasteiger partial charge >= 0.3 is 0 Å². The zero-order chi connectivity index (χ0) is 18.1. The summed E-state index contributed by atoms with van der Waals surface area (Å²) in [6.45, 7) is 6.84. The Hall–Kier alpha value is -1.85. The summed E-state index contributed by atoms with van der Waals surface area (Å²) in [5, 5.41) is 0.935. The Bertz CT molecular complexity index is 855. The zero-order valence-corrected chi connectivity index (χ0v) is 16.3. The summed E-state index contributed by atoms with van der Waals surface area (Å²) in [5.41, 5.74) is 5.24. The summed E-state index contributed by atoms with van der Waals surface area (Å²) in [5.74, 6) is 0.693.